The Labute approximate surface area is 277 Å². The van der Waals surface area contributed by atoms with E-state index in [1.54, 1.807) is 0 Å². The second-order valence-corrected chi connectivity index (χ2v) is 12.5. The number of hydrogen-bond acceptors (Lipinski definition) is 2. The van der Waals surface area contributed by atoms with Crippen LogP contribution in [0.1, 0.15) is 0 Å². The van der Waals surface area contributed by atoms with E-state index in [9.17, 15) is 0 Å². The van der Waals surface area contributed by atoms with Crippen LogP contribution >= 0.6 is 0 Å². The molecule has 10 rings (SSSR count). The van der Waals surface area contributed by atoms with Crippen molar-refractivity contribution >= 4 is 82.1 Å². The Morgan fingerprint density at radius 2 is 0.938 bits per heavy atom. The molecule has 0 saturated heterocycles. The van der Waals surface area contributed by atoms with Crippen molar-refractivity contribution in [2.75, 3.05) is 4.90 Å². The Morgan fingerprint density at radius 1 is 0.333 bits per heavy atom. The van der Waals surface area contributed by atoms with Gasteiger partial charge >= 0.3 is 0 Å². The number of anilines is 3. The number of furan rings is 1. The van der Waals surface area contributed by atoms with Crippen molar-refractivity contribution in [3.63, 3.8) is 0 Å². The first-order valence-electron chi connectivity index (χ1n) is 16.4. The van der Waals surface area contributed by atoms with Crippen LogP contribution in [-0.4, -0.2) is 0 Å². The number of para-hydroxylation sites is 1. The van der Waals surface area contributed by atoms with Gasteiger partial charge in [-0.05, 0) is 73.8 Å². The van der Waals surface area contributed by atoms with E-state index in [4.69, 9.17) is 4.42 Å². The summed E-state index contributed by atoms with van der Waals surface area (Å²) in [5.74, 6) is 0. The van der Waals surface area contributed by atoms with Crippen LogP contribution in [0.3, 0.4) is 0 Å². The third-order valence-electron chi connectivity index (χ3n) is 9.79. The SMILES string of the molecule is c1ccc(-c2cccc(N(c3cc4ccc5ccccc5c4c4ccccc34)c3cccc4c3oc3c5ccccc5ccc43)c2)cc1. The molecule has 0 radical (unpaired) electrons. The average Bonchev–Trinajstić information content (AvgIpc) is 3.55. The molecule has 0 aliphatic carbocycles. The predicted molar refractivity (Wildman–Crippen MR) is 204 cm³/mol. The van der Waals surface area contributed by atoms with Crippen LogP contribution in [0.15, 0.2) is 180 Å². The predicted octanol–water partition coefficient (Wildman–Crippen LogP) is 13.3. The number of hydrogen-bond donors (Lipinski definition) is 0. The van der Waals surface area contributed by atoms with Crippen LogP contribution < -0.4 is 4.90 Å². The number of rotatable bonds is 4. The van der Waals surface area contributed by atoms with Gasteiger partial charge in [0.05, 0.1) is 11.4 Å². The Morgan fingerprint density at radius 3 is 1.79 bits per heavy atom. The van der Waals surface area contributed by atoms with Crippen molar-refractivity contribution in [2.45, 2.75) is 0 Å². The van der Waals surface area contributed by atoms with Crippen molar-refractivity contribution < 1.29 is 4.42 Å². The molecular formula is C46H29NO. The fraction of sp³-hybridized carbons (Fsp3) is 0. The molecule has 0 aliphatic heterocycles. The standard InChI is InChI=1S/C46H29NO/c1-2-12-30(13-3-1)33-16-10-17-35(28-33)47(42-23-11-22-40-41-27-26-32-15-5-7-19-37(32)45(41)48-46(40)42)43-29-34-25-24-31-14-4-6-18-36(31)44(34)39-21-9-8-20-38(39)43/h1-29H. The van der Waals surface area contributed by atoms with Crippen LogP contribution in [0.25, 0.3) is 76.2 Å². The Balaban J connectivity index is 1.32. The summed E-state index contributed by atoms with van der Waals surface area (Å²) >= 11 is 0. The molecule has 0 amide bonds. The van der Waals surface area contributed by atoms with Crippen LogP contribution in [0.5, 0.6) is 0 Å². The van der Waals surface area contributed by atoms with E-state index in [0.717, 1.165) is 50.0 Å². The highest BCUT2D eigenvalue weighted by Gasteiger charge is 2.23. The first-order chi connectivity index (χ1) is 23.8. The highest BCUT2D eigenvalue weighted by Crippen LogP contribution is 2.47. The Kier molecular flexibility index (Phi) is 5.91. The van der Waals surface area contributed by atoms with Crippen molar-refractivity contribution in [3.8, 4) is 11.1 Å². The number of nitrogens with zero attached hydrogens (tertiary/aromatic N) is 1. The van der Waals surface area contributed by atoms with Gasteiger partial charge in [0.25, 0.3) is 0 Å². The maximum Gasteiger partial charge on any atom is 0.159 e. The molecule has 48 heavy (non-hydrogen) atoms. The van der Waals surface area contributed by atoms with Gasteiger partial charge in [0.2, 0.25) is 0 Å². The summed E-state index contributed by atoms with van der Waals surface area (Å²) in [5.41, 5.74) is 7.32. The summed E-state index contributed by atoms with van der Waals surface area (Å²) in [6, 6.07) is 63.2. The molecule has 0 aliphatic rings. The summed E-state index contributed by atoms with van der Waals surface area (Å²) < 4.78 is 6.95. The second kappa shape index (κ2) is 10.6. The van der Waals surface area contributed by atoms with Crippen molar-refractivity contribution in [1.82, 2.24) is 0 Å². The molecule has 2 nitrogen and oxygen atoms in total. The Hall–Kier alpha value is -6.38. The van der Waals surface area contributed by atoms with E-state index >= 15 is 0 Å². The smallest absolute Gasteiger partial charge is 0.159 e. The monoisotopic (exact) mass is 611 g/mol. The summed E-state index contributed by atoms with van der Waals surface area (Å²) in [6.45, 7) is 0. The maximum absolute atomic E-state index is 6.95. The van der Waals surface area contributed by atoms with Gasteiger partial charge in [-0.2, -0.15) is 0 Å². The third-order valence-corrected chi connectivity index (χ3v) is 9.79. The van der Waals surface area contributed by atoms with Crippen LogP contribution in [0.4, 0.5) is 17.1 Å². The zero-order valence-electron chi connectivity index (χ0n) is 26.1. The molecule has 1 aromatic heterocycles. The van der Waals surface area contributed by atoms with E-state index in [-0.39, 0.29) is 0 Å². The number of benzene rings is 9. The molecule has 0 unspecified atom stereocenters. The normalized spacial score (nSPS) is 11.8. The molecule has 0 saturated carbocycles. The minimum Gasteiger partial charge on any atom is -0.453 e. The van der Waals surface area contributed by atoms with Crippen molar-refractivity contribution in [1.29, 1.82) is 0 Å². The fourth-order valence-corrected chi connectivity index (χ4v) is 7.59. The second-order valence-electron chi connectivity index (χ2n) is 12.5. The molecule has 0 atom stereocenters. The molecule has 0 spiro atoms. The van der Waals surface area contributed by atoms with Gasteiger partial charge in [-0.15, -0.1) is 0 Å². The van der Waals surface area contributed by atoms with E-state index in [1.165, 1.54) is 43.3 Å². The highest BCUT2D eigenvalue weighted by molar-refractivity contribution is 6.24. The lowest BCUT2D eigenvalue weighted by Gasteiger charge is -2.28. The first kappa shape index (κ1) is 26.8. The zero-order valence-corrected chi connectivity index (χ0v) is 26.1. The minimum atomic E-state index is 0.872. The number of fused-ring (bicyclic) bond motifs is 10. The lowest BCUT2D eigenvalue weighted by atomic mass is 9.94. The van der Waals surface area contributed by atoms with Gasteiger partial charge in [0, 0.05) is 27.2 Å². The molecule has 224 valence electrons. The van der Waals surface area contributed by atoms with E-state index in [1.807, 2.05) is 0 Å². The minimum absolute atomic E-state index is 0.872. The molecule has 10 aromatic rings. The van der Waals surface area contributed by atoms with Gasteiger partial charge < -0.3 is 9.32 Å². The maximum atomic E-state index is 6.95. The molecule has 0 N–H and O–H groups in total. The third kappa shape index (κ3) is 4.06. The van der Waals surface area contributed by atoms with E-state index in [2.05, 4.69) is 181 Å². The lowest BCUT2D eigenvalue weighted by molar-refractivity contribution is 0.673. The van der Waals surface area contributed by atoms with E-state index in [0.29, 0.717) is 0 Å². The van der Waals surface area contributed by atoms with E-state index < -0.39 is 0 Å². The molecular weight excluding hydrogens is 583 g/mol. The van der Waals surface area contributed by atoms with Gasteiger partial charge in [-0.25, -0.2) is 0 Å². The molecule has 9 aromatic carbocycles. The molecule has 2 heteroatoms. The van der Waals surface area contributed by atoms with Gasteiger partial charge in [0.1, 0.15) is 5.58 Å². The Bertz CT molecular complexity index is 2850. The summed E-state index contributed by atoms with van der Waals surface area (Å²) in [4.78, 5) is 2.40. The van der Waals surface area contributed by atoms with Crippen LogP contribution in [-0.2, 0) is 0 Å². The molecule has 0 fully saturated rings. The quantitative estimate of drug-likeness (QED) is 0.184. The van der Waals surface area contributed by atoms with Crippen molar-refractivity contribution in [2.24, 2.45) is 0 Å². The summed E-state index contributed by atoms with van der Waals surface area (Å²) in [5, 5.41) is 11.9. The topological polar surface area (TPSA) is 16.4 Å². The largest absolute Gasteiger partial charge is 0.453 e. The lowest BCUT2D eigenvalue weighted by Crippen LogP contribution is -2.11. The fourth-order valence-electron chi connectivity index (χ4n) is 7.59. The van der Waals surface area contributed by atoms with Crippen LogP contribution in [0.2, 0.25) is 0 Å². The highest BCUT2D eigenvalue weighted by atomic mass is 16.3. The van der Waals surface area contributed by atoms with Crippen LogP contribution in [0, 0.1) is 0 Å². The van der Waals surface area contributed by atoms with Gasteiger partial charge in [0.15, 0.2) is 5.58 Å². The van der Waals surface area contributed by atoms with Gasteiger partial charge in [-0.1, -0.05) is 146 Å². The average molecular weight is 612 g/mol. The zero-order chi connectivity index (χ0) is 31.6. The first-order valence-corrected chi connectivity index (χ1v) is 16.4. The summed E-state index contributed by atoms with van der Waals surface area (Å²) in [6.07, 6.45) is 0. The molecule has 0 bridgehead atoms. The molecule has 1 heterocycles. The van der Waals surface area contributed by atoms with Gasteiger partial charge in [-0.3, -0.25) is 0 Å². The van der Waals surface area contributed by atoms with Crippen molar-refractivity contribution in [3.05, 3.63) is 176 Å². The summed E-state index contributed by atoms with van der Waals surface area (Å²) in [7, 11) is 0.